The molecular formula is C12H24O3. The molecule has 1 rings (SSSR count). The summed E-state index contributed by atoms with van der Waals surface area (Å²) in [4.78, 5) is 0. The van der Waals surface area contributed by atoms with Crippen LogP contribution in [0.1, 0.15) is 52.4 Å². The zero-order valence-electron chi connectivity index (χ0n) is 9.91. The Bertz CT molecular complexity index is 176. The lowest BCUT2D eigenvalue weighted by molar-refractivity contribution is -0.109. The van der Waals surface area contributed by atoms with Gasteiger partial charge in [0.25, 0.3) is 0 Å². The van der Waals surface area contributed by atoms with Crippen LogP contribution >= 0.6 is 0 Å². The first-order valence-corrected chi connectivity index (χ1v) is 6.02. The zero-order chi connectivity index (χ0) is 11.3. The SMILES string of the molecule is CC(CC(O)CO)OC1(C)CCCCC1. The summed E-state index contributed by atoms with van der Waals surface area (Å²) in [5.41, 5.74) is -0.00710. The molecule has 0 heterocycles. The minimum atomic E-state index is -0.646. The van der Waals surface area contributed by atoms with E-state index < -0.39 is 6.10 Å². The molecular weight excluding hydrogens is 192 g/mol. The highest BCUT2D eigenvalue weighted by atomic mass is 16.5. The number of rotatable bonds is 5. The van der Waals surface area contributed by atoms with Crippen molar-refractivity contribution in [1.29, 1.82) is 0 Å². The quantitative estimate of drug-likeness (QED) is 0.737. The Morgan fingerprint density at radius 3 is 2.40 bits per heavy atom. The van der Waals surface area contributed by atoms with Crippen molar-refractivity contribution in [2.45, 2.75) is 70.2 Å². The van der Waals surface area contributed by atoms with Gasteiger partial charge in [0.15, 0.2) is 0 Å². The smallest absolute Gasteiger partial charge is 0.0795 e. The van der Waals surface area contributed by atoms with Crippen molar-refractivity contribution in [2.75, 3.05) is 6.61 Å². The van der Waals surface area contributed by atoms with Crippen molar-refractivity contribution in [1.82, 2.24) is 0 Å². The lowest BCUT2D eigenvalue weighted by Gasteiger charge is -2.36. The third-order valence-corrected chi connectivity index (χ3v) is 3.21. The molecule has 3 nitrogen and oxygen atoms in total. The molecule has 0 aromatic carbocycles. The Hall–Kier alpha value is -0.120. The van der Waals surface area contributed by atoms with E-state index in [4.69, 9.17) is 9.84 Å². The monoisotopic (exact) mass is 216 g/mol. The molecule has 15 heavy (non-hydrogen) atoms. The number of aliphatic hydroxyl groups excluding tert-OH is 2. The van der Waals surface area contributed by atoms with Crippen LogP contribution in [0.2, 0.25) is 0 Å². The van der Waals surface area contributed by atoms with E-state index >= 15 is 0 Å². The molecule has 0 amide bonds. The molecule has 3 heteroatoms. The van der Waals surface area contributed by atoms with Crippen molar-refractivity contribution in [3.8, 4) is 0 Å². The molecule has 0 radical (unpaired) electrons. The summed E-state index contributed by atoms with van der Waals surface area (Å²) < 4.78 is 5.98. The van der Waals surface area contributed by atoms with E-state index in [0.717, 1.165) is 12.8 Å². The summed E-state index contributed by atoms with van der Waals surface area (Å²) in [6, 6.07) is 0. The van der Waals surface area contributed by atoms with Crippen LogP contribution in [0.25, 0.3) is 0 Å². The fourth-order valence-electron chi connectivity index (χ4n) is 2.41. The lowest BCUT2D eigenvalue weighted by atomic mass is 9.86. The van der Waals surface area contributed by atoms with Gasteiger partial charge in [0.1, 0.15) is 0 Å². The second-order valence-electron chi connectivity index (χ2n) is 5.01. The van der Waals surface area contributed by atoms with Crippen LogP contribution in [0.3, 0.4) is 0 Å². The van der Waals surface area contributed by atoms with Gasteiger partial charge in [-0.3, -0.25) is 0 Å². The van der Waals surface area contributed by atoms with Gasteiger partial charge < -0.3 is 14.9 Å². The second kappa shape index (κ2) is 5.83. The van der Waals surface area contributed by atoms with Crippen LogP contribution in [0.4, 0.5) is 0 Å². The van der Waals surface area contributed by atoms with E-state index in [1.165, 1.54) is 19.3 Å². The predicted molar refractivity (Wildman–Crippen MR) is 59.7 cm³/mol. The molecule has 90 valence electrons. The molecule has 0 aromatic rings. The van der Waals surface area contributed by atoms with Gasteiger partial charge >= 0.3 is 0 Å². The number of ether oxygens (including phenoxy) is 1. The van der Waals surface area contributed by atoms with Gasteiger partial charge in [-0.05, 0) is 26.7 Å². The molecule has 2 unspecified atom stereocenters. The highest BCUT2D eigenvalue weighted by Gasteiger charge is 2.29. The van der Waals surface area contributed by atoms with Gasteiger partial charge in [-0.2, -0.15) is 0 Å². The van der Waals surface area contributed by atoms with Gasteiger partial charge in [0, 0.05) is 6.42 Å². The van der Waals surface area contributed by atoms with Crippen LogP contribution in [-0.2, 0) is 4.74 Å². The minimum Gasteiger partial charge on any atom is -0.394 e. The Kier molecular flexibility index (Phi) is 5.03. The van der Waals surface area contributed by atoms with Crippen LogP contribution in [-0.4, -0.2) is 34.6 Å². The van der Waals surface area contributed by atoms with Gasteiger partial charge in [-0.25, -0.2) is 0 Å². The van der Waals surface area contributed by atoms with Crippen molar-refractivity contribution < 1.29 is 14.9 Å². The molecule has 0 bridgehead atoms. The minimum absolute atomic E-state index is 0.00710. The maximum atomic E-state index is 9.31. The van der Waals surface area contributed by atoms with E-state index in [1.807, 2.05) is 6.92 Å². The van der Waals surface area contributed by atoms with Crippen LogP contribution < -0.4 is 0 Å². The molecule has 1 aliphatic carbocycles. The number of aliphatic hydroxyl groups is 2. The predicted octanol–water partition coefficient (Wildman–Crippen LogP) is 1.86. The fourth-order valence-corrected chi connectivity index (χ4v) is 2.41. The highest BCUT2D eigenvalue weighted by Crippen LogP contribution is 2.32. The van der Waals surface area contributed by atoms with Crippen molar-refractivity contribution >= 4 is 0 Å². The standard InChI is InChI=1S/C12H24O3/c1-10(8-11(14)9-13)15-12(2)6-4-3-5-7-12/h10-11,13-14H,3-9H2,1-2H3. The van der Waals surface area contributed by atoms with Gasteiger partial charge in [0.2, 0.25) is 0 Å². The van der Waals surface area contributed by atoms with E-state index in [-0.39, 0.29) is 18.3 Å². The summed E-state index contributed by atoms with van der Waals surface area (Å²) in [5.74, 6) is 0. The molecule has 1 saturated carbocycles. The van der Waals surface area contributed by atoms with Crippen LogP contribution in [0.5, 0.6) is 0 Å². The third kappa shape index (κ3) is 4.49. The Morgan fingerprint density at radius 1 is 1.27 bits per heavy atom. The largest absolute Gasteiger partial charge is 0.394 e. The first kappa shape index (κ1) is 12.9. The zero-order valence-corrected chi connectivity index (χ0v) is 9.91. The Balaban J connectivity index is 2.31. The maximum absolute atomic E-state index is 9.31. The first-order chi connectivity index (χ1) is 7.06. The lowest BCUT2D eigenvalue weighted by Crippen LogP contribution is -2.36. The fraction of sp³-hybridized carbons (Fsp3) is 1.00. The van der Waals surface area contributed by atoms with E-state index in [2.05, 4.69) is 6.92 Å². The first-order valence-electron chi connectivity index (χ1n) is 6.02. The summed E-state index contributed by atoms with van der Waals surface area (Å²) in [6.45, 7) is 3.96. The summed E-state index contributed by atoms with van der Waals surface area (Å²) in [5, 5.41) is 18.1. The second-order valence-corrected chi connectivity index (χ2v) is 5.01. The average Bonchev–Trinajstić information content (AvgIpc) is 2.17. The third-order valence-electron chi connectivity index (χ3n) is 3.21. The number of hydrogen-bond donors (Lipinski definition) is 2. The van der Waals surface area contributed by atoms with E-state index in [1.54, 1.807) is 0 Å². The van der Waals surface area contributed by atoms with Gasteiger partial charge in [0.05, 0.1) is 24.4 Å². The summed E-state index contributed by atoms with van der Waals surface area (Å²) in [7, 11) is 0. The molecule has 1 aliphatic rings. The highest BCUT2D eigenvalue weighted by molar-refractivity contribution is 4.80. The van der Waals surface area contributed by atoms with Crippen LogP contribution in [0, 0.1) is 0 Å². The Labute approximate surface area is 92.4 Å². The van der Waals surface area contributed by atoms with Gasteiger partial charge in [-0.15, -0.1) is 0 Å². The summed E-state index contributed by atoms with van der Waals surface area (Å²) in [6.07, 6.45) is 5.93. The van der Waals surface area contributed by atoms with Crippen molar-refractivity contribution in [2.24, 2.45) is 0 Å². The molecule has 0 aromatic heterocycles. The topological polar surface area (TPSA) is 49.7 Å². The molecule has 0 saturated heterocycles. The normalized spacial score (nSPS) is 24.8. The van der Waals surface area contributed by atoms with E-state index in [9.17, 15) is 5.11 Å². The van der Waals surface area contributed by atoms with Crippen molar-refractivity contribution in [3.05, 3.63) is 0 Å². The average molecular weight is 216 g/mol. The van der Waals surface area contributed by atoms with Crippen molar-refractivity contribution in [3.63, 3.8) is 0 Å². The Morgan fingerprint density at radius 2 is 1.87 bits per heavy atom. The molecule has 2 N–H and O–H groups in total. The van der Waals surface area contributed by atoms with Crippen LogP contribution in [0.15, 0.2) is 0 Å². The summed E-state index contributed by atoms with van der Waals surface area (Å²) >= 11 is 0. The maximum Gasteiger partial charge on any atom is 0.0795 e. The molecule has 0 spiro atoms. The molecule has 2 atom stereocenters. The van der Waals surface area contributed by atoms with E-state index in [0.29, 0.717) is 6.42 Å². The molecule has 0 aliphatic heterocycles. The molecule has 1 fully saturated rings. The van der Waals surface area contributed by atoms with Gasteiger partial charge in [-0.1, -0.05) is 19.3 Å². The number of hydrogen-bond acceptors (Lipinski definition) is 3.